The first kappa shape index (κ1) is 15.3. The number of aromatic nitrogens is 1. The van der Waals surface area contributed by atoms with Gasteiger partial charge in [-0.3, -0.25) is 19.5 Å². The van der Waals surface area contributed by atoms with Crippen LogP contribution in [0.3, 0.4) is 0 Å². The van der Waals surface area contributed by atoms with Crippen LogP contribution in [0.1, 0.15) is 26.4 Å². The van der Waals surface area contributed by atoms with Crippen molar-refractivity contribution in [2.75, 3.05) is 6.54 Å². The van der Waals surface area contributed by atoms with E-state index < -0.39 is 24.0 Å². The number of pyridine rings is 1. The molecule has 1 aromatic carbocycles. The highest BCUT2D eigenvalue weighted by Gasteiger charge is 2.36. The maximum atomic E-state index is 12.3. The van der Waals surface area contributed by atoms with E-state index in [4.69, 9.17) is 5.73 Å². The Balaban J connectivity index is 1.68. The average Bonchev–Trinajstić information content (AvgIpc) is 2.81. The summed E-state index contributed by atoms with van der Waals surface area (Å²) in [4.78, 5) is 29.7. The number of hydrogen-bond acceptors (Lipinski definition) is 5. The van der Waals surface area contributed by atoms with Gasteiger partial charge in [-0.25, -0.2) is 0 Å². The normalized spacial score (nSPS) is 16.3. The molecule has 6 nitrogen and oxygen atoms in total. The van der Waals surface area contributed by atoms with E-state index in [2.05, 4.69) is 4.98 Å². The fraction of sp³-hybridized carbons (Fsp3) is 0.235. The van der Waals surface area contributed by atoms with E-state index in [1.54, 1.807) is 36.5 Å². The van der Waals surface area contributed by atoms with Crippen LogP contribution in [0.5, 0.6) is 0 Å². The monoisotopic (exact) mass is 311 g/mol. The van der Waals surface area contributed by atoms with Gasteiger partial charge in [-0.1, -0.05) is 18.2 Å². The van der Waals surface area contributed by atoms with Gasteiger partial charge in [0.1, 0.15) is 0 Å². The summed E-state index contributed by atoms with van der Waals surface area (Å²) in [5.41, 5.74) is 7.46. The van der Waals surface area contributed by atoms with Gasteiger partial charge in [-0.05, 0) is 24.3 Å². The first-order valence-electron chi connectivity index (χ1n) is 7.36. The van der Waals surface area contributed by atoms with Crippen LogP contribution in [0, 0.1) is 0 Å². The number of fused-ring (bicyclic) bond motifs is 1. The van der Waals surface area contributed by atoms with Crippen molar-refractivity contribution in [3.63, 3.8) is 0 Å². The molecule has 23 heavy (non-hydrogen) atoms. The summed E-state index contributed by atoms with van der Waals surface area (Å²) in [5.74, 6) is -0.788. The Bertz CT molecular complexity index is 698. The van der Waals surface area contributed by atoms with Crippen molar-refractivity contribution < 1.29 is 14.7 Å². The van der Waals surface area contributed by atoms with Gasteiger partial charge in [0.25, 0.3) is 11.8 Å². The van der Waals surface area contributed by atoms with Gasteiger partial charge >= 0.3 is 0 Å². The minimum absolute atomic E-state index is 0.125. The first-order valence-corrected chi connectivity index (χ1v) is 7.36. The quantitative estimate of drug-likeness (QED) is 0.789. The van der Waals surface area contributed by atoms with Gasteiger partial charge in [-0.2, -0.15) is 0 Å². The number of nitrogens with zero attached hydrogens (tertiary/aromatic N) is 2. The second-order valence-corrected chi connectivity index (χ2v) is 5.52. The molecule has 1 aromatic heterocycles. The van der Waals surface area contributed by atoms with E-state index in [9.17, 15) is 14.7 Å². The van der Waals surface area contributed by atoms with Crippen molar-refractivity contribution in [2.45, 2.75) is 18.6 Å². The maximum absolute atomic E-state index is 12.3. The molecule has 0 bridgehead atoms. The Morgan fingerprint density at radius 2 is 1.65 bits per heavy atom. The molecule has 0 radical (unpaired) electrons. The summed E-state index contributed by atoms with van der Waals surface area (Å²) in [6.07, 6.45) is 1.00. The highest BCUT2D eigenvalue weighted by Crippen LogP contribution is 2.22. The van der Waals surface area contributed by atoms with E-state index in [0.29, 0.717) is 17.5 Å². The number of benzene rings is 1. The molecule has 2 atom stereocenters. The zero-order valence-electron chi connectivity index (χ0n) is 12.4. The molecule has 0 saturated carbocycles. The largest absolute Gasteiger partial charge is 0.390 e. The van der Waals surface area contributed by atoms with Crippen molar-refractivity contribution in [1.82, 2.24) is 9.88 Å². The SMILES string of the molecule is NC(Cc1ccccn1)C(O)CN1C(=O)c2ccccc2C1=O. The molecule has 1 aliphatic heterocycles. The zero-order valence-corrected chi connectivity index (χ0v) is 12.4. The Hall–Kier alpha value is -2.57. The molecule has 0 aliphatic carbocycles. The number of imide groups is 1. The van der Waals surface area contributed by atoms with E-state index >= 15 is 0 Å². The third kappa shape index (κ3) is 2.99. The summed E-state index contributed by atoms with van der Waals surface area (Å²) in [7, 11) is 0. The number of carbonyl (C=O) groups excluding carboxylic acids is 2. The molecule has 6 heteroatoms. The van der Waals surface area contributed by atoms with Gasteiger partial charge in [0.15, 0.2) is 0 Å². The van der Waals surface area contributed by atoms with Crippen molar-refractivity contribution in [3.8, 4) is 0 Å². The number of amides is 2. The Labute approximate surface area is 133 Å². The highest BCUT2D eigenvalue weighted by molar-refractivity contribution is 6.21. The zero-order chi connectivity index (χ0) is 16.4. The van der Waals surface area contributed by atoms with Gasteiger partial charge < -0.3 is 10.8 Å². The number of carbonyl (C=O) groups is 2. The summed E-state index contributed by atoms with van der Waals surface area (Å²) in [6.45, 7) is -0.125. The highest BCUT2D eigenvalue weighted by atomic mass is 16.3. The van der Waals surface area contributed by atoms with Crippen LogP contribution in [-0.2, 0) is 6.42 Å². The number of aliphatic hydroxyl groups is 1. The van der Waals surface area contributed by atoms with E-state index in [-0.39, 0.29) is 6.54 Å². The predicted octanol–water partition coefficient (Wildman–Crippen LogP) is 0.608. The number of aliphatic hydroxyl groups excluding tert-OH is 1. The van der Waals surface area contributed by atoms with Gasteiger partial charge in [0.2, 0.25) is 0 Å². The van der Waals surface area contributed by atoms with Gasteiger partial charge in [0, 0.05) is 24.4 Å². The number of nitrogens with two attached hydrogens (primary N) is 1. The fourth-order valence-electron chi connectivity index (χ4n) is 2.62. The summed E-state index contributed by atoms with van der Waals surface area (Å²) in [5, 5.41) is 10.3. The predicted molar refractivity (Wildman–Crippen MR) is 83.7 cm³/mol. The second kappa shape index (κ2) is 6.28. The van der Waals surface area contributed by atoms with Crippen LogP contribution >= 0.6 is 0 Å². The maximum Gasteiger partial charge on any atom is 0.261 e. The Morgan fingerprint density at radius 3 is 2.22 bits per heavy atom. The molecule has 118 valence electrons. The standard InChI is InChI=1S/C17H17N3O3/c18-14(9-11-5-3-4-8-19-11)15(21)10-20-16(22)12-6-1-2-7-13(12)17(20)23/h1-8,14-15,21H,9-10,18H2. The minimum atomic E-state index is -1.01. The van der Waals surface area contributed by atoms with E-state index in [1.165, 1.54) is 0 Å². The Morgan fingerprint density at radius 1 is 1.04 bits per heavy atom. The van der Waals surface area contributed by atoms with Crippen LogP contribution in [0.15, 0.2) is 48.7 Å². The fourth-order valence-corrected chi connectivity index (χ4v) is 2.62. The van der Waals surface area contributed by atoms with Gasteiger partial charge in [0.05, 0.1) is 23.8 Å². The molecule has 0 fully saturated rings. The molecule has 0 saturated heterocycles. The van der Waals surface area contributed by atoms with Crippen molar-refractivity contribution in [3.05, 3.63) is 65.5 Å². The summed E-state index contributed by atoms with van der Waals surface area (Å²) < 4.78 is 0. The number of β-amino-alcohol motifs (C(OH)–C–C–N with tert-alkyl or cyclic N) is 1. The molecule has 3 rings (SSSR count). The molecule has 2 heterocycles. The smallest absolute Gasteiger partial charge is 0.261 e. The van der Waals surface area contributed by atoms with Gasteiger partial charge in [-0.15, -0.1) is 0 Å². The van der Waals surface area contributed by atoms with Crippen LogP contribution < -0.4 is 5.73 Å². The molecule has 0 spiro atoms. The van der Waals surface area contributed by atoms with Crippen molar-refractivity contribution in [1.29, 1.82) is 0 Å². The lowest BCUT2D eigenvalue weighted by Crippen LogP contribution is -2.46. The molecule has 2 unspecified atom stereocenters. The lowest BCUT2D eigenvalue weighted by atomic mass is 10.1. The third-order valence-corrected chi connectivity index (χ3v) is 3.91. The molecule has 2 amide bonds. The van der Waals surface area contributed by atoms with Crippen LogP contribution in [0.25, 0.3) is 0 Å². The number of hydrogen-bond donors (Lipinski definition) is 2. The summed E-state index contributed by atoms with van der Waals surface area (Å²) >= 11 is 0. The Kier molecular flexibility index (Phi) is 4.18. The minimum Gasteiger partial charge on any atom is -0.390 e. The molecular weight excluding hydrogens is 294 g/mol. The third-order valence-electron chi connectivity index (χ3n) is 3.91. The molecular formula is C17H17N3O3. The molecule has 1 aliphatic rings. The van der Waals surface area contributed by atoms with Crippen molar-refractivity contribution >= 4 is 11.8 Å². The molecule has 2 aromatic rings. The molecule has 3 N–H and O–H groups in total. The topological polar surface area (TPSA) is 96.5 Å². The van der Waals surface area contributed by atoms with Crippen LogP contribution in [-0.4, -0.2) is 45.5 Å². The first-order chi connectivity index (χ1) is 11.1. The lowest BCUT2D eigenvalue weighted by Gasteiger charge is -2.23. The number of rotatable bonds is 5. The van der Waals surface area contributed by atoms with E-state index in [1.807, 2.05) is 12.1 Å². The second-order valence-electron chi connectivity index (χ2n) is 5.52. The van der Waals surface area contributed by atoms with Crippen LogP contribution in [0.2, 0.25) is 0 Å². The summed E-state index contributed by atoms with van der Waals surface area (Å²) in [6, 6.07) is 11.5. The van der Waals surface area contributed by atoms with E-state index in [0.717, 1.165) is 10.6 Å². The van der Waals surface area contributed by atoms with Crippen LogP contribution in [0.4, 0.5) is 0 Å². The van der Waals surface area contributed by atoms with Crippen molar-refractivity contribution in [2.24, 2.45) is 5.73 Å². The lowest BCUT2D eigenvalue weighted by molar-refractivity contribution is 0.0508. The average molecular weight is 311 g/mol.